The minimum absolute atomic E-state index is 0.554. The fraction of sp³-hybridized carbons (Fsp3) is 0.231. The van der Waals surface area contributed by atoms with Crippen LogP contribution in [0.2, 0.25) is 5.02 Å². The SMILES string of the molecule is CN(Cc1ccc(CN)cc1)c1ncncc1Cl. The molecule has 4 nitrogen and oxygen atoms in total. The van der Waals surface area contributed by atoms with E-state index in [1.165, 1.54) is 11.9 Å². The molecule has 94 valence electrons. The van der Waals surface area contributed by atoms with E-state index in [2.05, 4.69) is 22.1 Å². The van der Waals surface area contributed by atoms with Gasteiger partial charge in [0.2, 0.25) is 0 Å². The molecule has 0 aliphatic carbocycles. The Morgan fingerprint density at radius 1 is 1.22 bits per heavy atom. The van der Waals surface area contributed by atoms with Crippen molar-refractivity contribution in [1.82, 2.24) is 9.97 Å². The van der Waals surface area contributed by atoms with Gasteiger partial charge in [-0.15, -0.1) is 0 Å². The molecule has 2 N–H and O–H groups in total. The van der Waals surface area contributed by atoms with Crippen LogP contribution in [-0.2, 0) is 13.1 Å². The van der Waals surface area contributed by atoms with Gasteiger partial charge in [-0.3, -0.25) is 0 Å². The minimum Gasteiger partial charge on any atom is -0.354 e. The standard InChI is InChI=1S/C13H15ClN4/c1-18(13-12(14)7-16-9-17-13)8-11-4-2-10(6-15)3-5-11/h2-5,7,9H,6,8,15H2,1H3. The highest BCUT2D eigenvalue weighted by atomic mass is 35.5. The number of nitrogens with zero attached hydrogens (tertiary/aromatic N) is 3. The van der Waals surface area contributed by atoms with Gasteiger partial charge < -0.3 is 10.6 Å². The monoisotopic (exact) mass is 262 g/mol. The lowest BCUT2D eigenvalue weighted by Crippen LogP contribution is -2.18. The van der Waals surface area contributed by atoms with Crippen LogP contribution in [0.1, 0.15) is 11.1 Å². The highest BCUT2D eigenvalue weighted by Gasteiger charge is 2.07. The highest BCUT2D eigenvalue weighted by Crippen LogP contribution is 2.21. The van der Waals surface area contributed by atoms with Crippen LogP contribution in [0.5, 0.6) is 0 Å². The van der Waals surface area contributed by atoms with Gasteiger partial charge in [0.1, 0.15) is 11.3 Å². The van der Waals surface area contributed by atoms with Crippen LogP contribution in [0, 0.1) is 0 Å². The number of halogens is 1. The van der Waals surface area contributed by atoms with E-state index in [-0.39, 0.29) is 0 Å². The molecule has 0 unspecified atom stereocenters. The van der Waals surface area contributed by atoms with E-state index in [0.29, 0.717) is 11.6 Å². The topological polar surface area (TPSA) is 55.0 Å². The van der Waals surface area contributed by atoms with Crippen molar-refractivity contribution in [2.24, 2.45) is 5.73 Å². The number of nitrogens with two attached hydrogens (primary N) is 1. The predicted molar refractivity (Wildman–Crippen MR) is 73.5 cm³/mol. The van der Waals surface area contributed by atoms with Crippen LogP contribution in [-0.4, -0.2) is 17.0 Å². The van der Waals surface area contributed by atoms with E-state index < -0.39 is 0 Å². The van der Waals surface area contributed by atoms with E-state index in [1.807, 2.05) is 24.1 Å². The molecule has 2 rings (SSSR count). The molecule has 0 bridgehead atoms. The molecule has 1 aromatic carbocycles. The lowest BCUT2D eigenvalue weighted by Gasteiger charge is -2.19. The molecule has 2 aromatic rings. The molecular formula is C13H15ClN4. The molecule has 0 aliphatic heterocycles. The van der Waals surface area contributed by atoms with E-state index in [9.17, 15) is 0 Å². The van der Waals surface area contributed by atoms with Crippen LogP contribution < -0.4 is 10.6 Å². The van der Waals surface area contributed by atoms with Gasteiger partial charge in [0.05, 0.1) is 6.20 Å². The first-order valence-corrected chi connectivity index (χ1v) is 6.03. The number of rotatable bonds is 4. The highest BCUT2D eigenvalue weighted by molar-refractivity contribution is 6.32. The van der Waals surface area contributed by atoms with Crippen LogP contribution >= 0.6 is 11.6 Å². The summed E-state index contributed by atoms with van der Waals surface area (Å²) in [7, 11) is 1.95. The molecule has 5 heteroatoms. The van der Waals surface area contributed by atoms with Crippen molar-refractivity contribution in [3.63, 3.8) is 0 Å². The average Bonchev–Trinajstić information content (AvgIpc) is 2.40. The molecule has 1 aromatic heterocycles. The van der Waals surface area contributed by atoms with Gasteiger partial charge in [-0.1, -0.05) is 35.9 Å². The van der Waals surface area contributed by atoms with Crippen molar-refractivity contribution in [3.05, 3.63) is 52.9 Å². The van der Waals surface area contributed by atoms with Gasteiger partial charge in [-0.05, 0) is 11.1 Å². The summed E-state index contributed by atoms with van der Waals surface area (Å²) in [5.74, 6) is 0.731. The third-order valence-corrected chi connectivity index (χ3v) is 2.95. The van der Waals surface area contributed by atoms with Gasteiger partial charge in [-0.25, -0.2) is 9.97 Å². The number of benzene rings is 1. The van der Waals surface area contributed by atoms with Crippen molar-refractivity contribution in [1.29, 1.82) is 0 Å². The first kappa shape index (κ1) is 12.8. The Hall–Kier alpha value is -1.65. The van der Waals surface area contributed by atoms with Crippen LogP contribution in [0.15, 0.2) is 36.8 Å². The maximum Gasteiger partial charge on any atom is 0.150 e. The smallest absolute Gasteiger partial charge is 0.150 e. The minimum atomic E-state index is 0.554. The largest absolute Gasteiger partial charge is 0.354 e. The summed E-state index contributed by atoms with van der Waals surface area (Å²) in [6.45, 7) is 1.30. The summed E-state index contributed by atoms with van der Waals surface area (Å²) >= 11 is 6.05. The summed E-state index contributed by atoms with van der Waals surface area (Å²) in [6.07, 6.45) is 3.09. The molecule has 0 radical (unpaired) electrons. The van der Waals surface area contributed by atoms with E-state index in [1.54, 1.807) is 6.20 Å². The summed E-state index contributed by atoms with van der Waals surface area (Å²) < 4.78 is 0. The van der Waals surface area contributed by atoms with Crippen LogP contribution in [0.3, 0.4) is 0 Å². The number of hydrogen-bond donors (Lipinski definition) is 1. The lowest BCUT2D eigenvalue weighted by molar-refractivity contribution is 0.889. The Labute approximate surface area is 111 Å². The normalized spacial score (nSPS) is 10.4. The number of hydrogen-bond acceptors (Lipinski definition) is 4. The third-order valence-electron chi connectivity index (χ3n) is 2.69. The zero-order valence-electron chi connectivity index (χ0n) is 10.2. The van der Waals surface area contributed by atoms with Crippen molar-refractivity contribution < 1.29 is 0 Å². The second-order valence-electron chi connectivity index (χ2n) is 4.07. The number of anilines is 1. The Bertz CT molecular complexity index is 513. The quantitative estimate of drug-likeness (QED) is 0.918. The molecule has 0 aliphatic rings. The molecule has 0 saturated carbocycles. The molecule has 0 amide bonds. The van der Waals surface area contributed by atoms with Gasteiger partial charge in [0, 0.05) is 20.1 Å². The number of aromatic nitrogens is 2. The summed E-state index contributed by atoms with van der Waals surface area (Å²) in [6, 6.07) is 8.19. The maximum atomic E-state index is 6.05. The third kappa shape index (κ3) is 2.97. The average molecular weight is 263 g/mol. The Balaban J connectivity index is 2.11. The Kier molecular flexibility index (Phi) is 4.12. The molecule has 0 saturated heterocycles. The summed E-state index contributed by atoms with van der Waals surface area (Å²) in [5, 5.41) is 0.554. The van der Waals surface area contributed by atoms with Gasteiger partial charge in [0.15, 0.2) is 5.82 Å². The van der Waals surface area contributed by atoms with E-state index in [4.69, 9.17) is 17.3 Å². The van der Waals surface area contributed by atoms with Crippen molar-refractivity contribution in [3.8, 4) is 0 Å². The second kappa shape index (κ2) is 5.80. The lowest BCUT2D eigenvalue weighted by atomic mass is 10.1. The van der Waals surface area contributed by atoms with E-state index in [0.717, 1.165) is 17.9 Å². The Morgan fingerprint density at radius 3 is 2.50 bits per heavy atom. The van der Waals surface area contributed by atoms with Gasteiger partial charge in [-0.2, -0.15) is 0 Å². The van der Waals surface area contributed by atoms with Crippen molar-refractivity contribution >= 4 is 17.4 Å². The molecule has 0 fully saturated rings. The second-order valence-corrected chi connectivity index (χ2v) is 4.48. The summed E-state index contributed by atoms with van der Waals surface area (Å²) in [5.41, 5.74) is 7.88. The maximum absolute atomic E-state index is 6.05. The molecule has 0 spiro atoms. The summed E-state index contributed by atoms with van der Waals surface area (Å²) in [4.78, 5) is 10.0. The Morgan fingerprint density at radius 2 is 1.89 bits per heavy atom. The molecule has 0 atom stereocenters. The predicted octanol–water partition coefficient (Wildman–Crippen LogP) is 2.23. The zero-order valence-corrected chi connectivity index (χ0v) is 10.9. The zero-order chi connectivity index (χ0) is 13.0. The van der Waals surface area contributed by atoms with Crippen LogP contribution in [0.4, 0.5) is 5.82 Å². The van der Waals surface area contributed by atoms with Gasteiger partial charge in [0.25, 0.3) is 0 Å². The van der Waals surface area contributed by atoms with Crippen molar-refractivity contribution in [2.45, 2.75) is 13.1 Å². The molecule has 18 heavy (non-hydrogen) atoms. The molecule has 1 heterocycles. The molecular weight excluding hydrogens is 248 g/mol. The van der Waals surface area contributed by atoms with Crippen molar-refractivity contribution in [2.75, 3.05) is 11.9 Å². The van der Waals surface area contributed by atoms with Crippen LogP contribution in [0.25, 0.3) is 0 Å². The fourth-order valence-electron chi connectivity index (χ4n) is 1.72. The van der Waals surface area contributed by atoms with E-state index >= 15 is 0 Å². The van der Waals surface area contributed by atoms with Gasteiger partial charge >= 0.3 is 0 Å². The fourth-order valence-corrected chi connectivity index (χ4v) is 1.97. The first-order valence-electron chi connectivity index (χ1n) is 5.65. The first-order chi connectivity index (χ1) is 8.70.